The van der Waals surface area contributed by atoms with Gasteiger partial charge in [-0.15, -0.1) is 0 Å². The lowest BCUT2D eigenvalue weighted by Crippen LogP contribution is -2.24. The minimum absolute atomic E-state index is 0.631. The first-order valence-electron chi connectivity index (χ1n) is 6.94. The molecule has 2 heteroatoms. The maximum atomic E-state index is 5.96. The van der Waals surface area contributed by atoms with Crippen molar-refractivity contribution in [3.05, 3.63) is 35.6 Å². The SMILES string of the molecule is Cc1cccc2cc(CC(C)CNC3CC3)oc12. The number of benzene rings is 1. The Kier molecular flexibility index (Phi) is 3.13. The van der Waals surface area contributed by atoms with Gasteiger partial charge >= 0.3 is 0 Å². The van der Waals surface area contributed by atoms with Crippen LogP contribution in [0.5, 0.6) is 0 Å². The smallest absolute Gasteiger partial charge is 0.137 e. The number of aryl methyl sites for hydroxylation is 1. The van der Waals surface area contributed by atoms with E-state index in [0.29, 0.717) is 5.92 Å². The van der Waals surface area contributed by atoms with Gasteiger partial charge in [-0.05, 0) is 43.9 Å². The zero-order valence-corrected chi connectivity index (χ0v) is 11.2. The van der Waals surface area contributed by atoms with Crippen molar-refractivity contribution in [2.24, 2.45) is 5.92 Å². The highest BCUT2D eigenvalue weighted by Crippen LogP contribution is 2.24. The average Bonchev–Trinajstić information content (AvgIpc) is 3.07. The zero-order chi connectivity index (χ0) is 12.5. The van der Waals surface area contributed by atoms with Gasteiger partial charge in [-0.2, -0.15) is 0 Å². The minimum Gasteiger partial charge on any atom is -0.461 e. The Hall–Kier alpha value is -1.28. The number of nitrogens with one attached hydrogen (secondary N) is 1. The van der Waals surface area contributed by atoms with Crippen molar-refractivity contribution >= 4 is 11.0 Å². The standard InChI is InChI=1S/C16H21NO/c1-11(10-17-14-6-7-14)8-15-9-13-5-3-4-12(2)16(13)18-15/h3-5,9,11,14,17H,6-8,10H2,1-2H3. The first-order chi connectivity index (χ1) is 8.72. The predicted octanol–water partition coefficient (Wildman–Crippen LogP) is 3.67. The summed E-state index contributed by atoms with van der Waals surface area (Å²) in [6.45, 7) is 5.49. The van der Waals surface area contributed by atoms with Gasteiger partial charge < -0.3 is 9.73 Å². The van der Waals surface area contributed by atoms with Crippen molar-refractivity contribution in [1.82, 2.24) is 5.32 Å². The molecule has 3 rings (SSSR count). The molecule has 0 spiro atoms. The van der Waals surface area contributed by atoms with Crippen LogP contribution >= 0.6 is 0 Å². The van der Waals surface area contributed by atoms with Crippen LogP contribution in [0.4, 0.5) is 0 Å². The van der Waals surface area contributed by atoms with Crippen LogP contribution < -0.4 is 5.32 Å². The van der Waals surface area contributed by atoms with E-state index >= 15 is 0 Å². The first kappa shape index (κ1) is 11.8. The maximum absolute atomic E-state index is 5.96. The molecule has 18 heavy (non-hydrogen) atoms. The zero-order valence-electron chi connectivity index (χ0n) is 11.2. The molecule has 2 aromatic rings. The van der Waals surface area contributed by atoms with E-state index in [2.05, 4.69) is 43.4 Å². The number of hydrogen-bond acceptors (Lipinski definition) is 2. The highest BCUT2D eigenvalue weighted by atomic mass is 16.3. The van der Waals surface area contributed by atoms with Crippen LogP contribution in [0.15, 0.2) is 28.7 Å². The molecular weight excluding hydrogens is 222 g/mol. The van der Waals surface area contributed by atoms with E-state index in [1.807, 2.05) is 0 Å². The van der Waals surface area contributed by atoms with Crippen LogP contribution in [0.1, 0.15) is 31.1 Å². The summed E-state index contributed by atoms with van der Waals surface area (Å²) in [6.07, 6.45) is 3.74. The molecule has 0 bridgehead atoms. The van der Waals surface area contributed by atoms with Crippen LogP contribution in [0.25, 0.3) is 11.0 Å². The molecule has 0 aliphatic heterocycles. The molecule has 1 N–H and O–H groups in total. The van der Waals surface area contributed by atoms with Crippen molar-refractivity contribution in [2.75, 3.05) is 6.54 Å². The summed E-state index contributed by atoms with van der Waals surface area (Å²) < 4.78 is 5.96. The third-order valence-electron chi connectivity index (χ3n) is 3.67. The van der Waals surface area contributed by atoms with Crippen LogP contribution in [-0.2, 0) is 6.42 Å². The molecule has 1 heterocycles. The van der Waals surface area contributed by atoms with E-state index in [1.165, 1.54) is 23.8 Å². The summed E-state index contributed by atoms with van der Waals surface area (Å²) in [4.78, 5) is 0. The lowest BCUT2D eigenvalue weighted by Gasteiger charge is -2.10. The van der Waals surface area contributed by atoms with Gasteiger partial charge in [-0.25, -0.2) is 0 Å². The molecule has 1 aliphatic carbocycles. The van der Waals surface area contributed by atoms with E-state index in [-0.39, 0.29) is 0 Å². The first-order valence-corrected chi connectivity index (χ1v) is 6.94. The van der Waals surface area contributed by atoms with Crippen molar-refractivity contribution < 1.29 is 4.42 Å². The van der Waals surface area contributed by atoms with E-state index in [9.17, 15) is 0 Å². The summed E-state index contributed by atoms with van der Waals surface area (Å²) in [5.74, 6) is 1.75. The molecule has 2 nitrogen and oxygen atoms in total. The van der Waals surface area contributed by atoms with Crippen molar-refractivity contribution in [2.45, 2.75) is 39.2 Å². The molecule has 96 valence electrons. The van der Waals surface area contributed by atoms with E-state index < -0.39 is 0 Å². The fraction of sp³-hybridized carbons (Fsp3) is 0.500. The molecule has 0 radical (unpaired) electrons. The highest BCUT2D eigenvalue weighted by Gasteiger charge is 2.21. The maximum Gasteiger partial charge on any atom is 0.137 e. The van der Waals surface area contributed by atoms with Crippen molar-refractivity contribution in [3.63, 3.8) is 0 Å². The Morgan fingerprint density at radius 1 is 1.39 bits per heavy atom. The molecule has 1 atom stereocenters. The topological polar surface area (TPSA) is 25.2 Å². The summed E-state index contributed by atoms with van der Waals surface area (Å²) in [6, 6.07) is 9.31. The number of furan rings is 1. The molecule has 0 saturated heterocycles. The van der Waals surface area contributed by atoms with Crippen molar-refractivity contribution in [3.8, 4) is 0 Å². The van der Waals surface area contributed by atoms with Crippen LogP contribution in [0, 0.1) is 12.8 Å². The Labute approximate surface area is 108 Å². The third kappa shape index (κ3) is 2.59. The monoisotopic (exact) mass is 243 g/mol. The van der Waals surface area contributed by atoms with Gasteiger partial charge in [0.1, 0.15) is 11.3 Å². The summed E-state index contributed by atoms with van der Waals surface area (Å²) in [7, 11) is 0. The second-order valence-electron chi connectivity index (χ2n) is 5.70. The van der Waals surface area contributed by atoms with Gasteiger partial charge in [-0.3, -0.25) is 0 Å². The van der Waals surface area contributed by atoms with Crippen molar-refractivity contribution in [1.29, 1.82) is 0 Å². The fourth-order valence-corrected chi connectivity index (χ4v) is 2.43. The summed E-state index contributed by atoms with van der Waals surface area (Å²) in [5.41, 5.74) is 2.28. The van der Waals surface area contributed by atoms with Gasteiger partial charge in [0.05, 0.1) is 0 Å². The molecule has 1 unspecified atom stereocenters. The quantitative estimate of drug-likeness (QED) is 0.866. The van der Waals surface area contributed by atoms with Gasteiger partial charge in [-0.1, -0.05) is 25.1 Å². The molecule has 1 aromatic carbocycles. The molecular formula is C16H21NO. The van der Waals surface area contributed by atoms with E-state index in [1.54, 1.807) is 0 Å². The van der Waals surface area contributed by atoms with Crippen LogP contribution in [-0.4, -0.2) is 12.6 Å². The Morgan fingerprint density at radius 3 is 2.94 bits per heavy atom. The van der Waals surface area contributed by atoms with Crippen LogP contribution in [0.2, 0.25) is 0 Å². The summed E-state index contributed by atoms with van der Waals surface area (Å²) >= 11 is 0. The highest BCUT2D eigenvalue weighted by molar-refractivity contribution is 5.80. The molecule has 1 aromatic heterocycles. The predicted molar refractivity (Wildman–Crippen MR) is 74.8 cm³/mol. The second-order valence-corrected chi connectivity index (χ2v) is 5.70. The normalized spacial score (nSPS) is 17.2. The largest absolute Gasteiger partial charge is 0.461 e. The molecule has 1 saturated carbocycles. The number of rotatable bonds is 5. The van der Waals surface area contributed by atoms with E-state index in [0.717, 1.165) is 30.4 Å². The number of fused-ring (bicyclic) bond motifs is 1. The van der Waals surface area contributed by atoms with Gasteiger partial charge in [0, 0.05) is 17.8 Å². The lowest BCUT2D eigenvalue weighted by molar-refractivity contribution is 0.452. The lowest BCUT2D eigenvalue weighted by atomic mass is 10.1. The fourth-order valence-electron chi connectivity index (χ4n) is 2.43. The molecule has 1 fully saturated rings. The van der Waals surface area contributed by atoms with Gasteiger partial charge in [0.15, 0.2) is 0 Å². The second kappa shape index (κ2) is 4.77. The van der Waals surface area contributed by atoms with Gasteiger partial charge in [0.25, 0.3) is 0 Å². The van der Waals surface area contributed by atoms with E-state index in [4.69, 9.17) is 4.42 Å². The third-order valence-corrected chi connectivity index (χ3v) is 3.67. The van der Waals surface area contributed by atoms with Gasteiger partial charge in [0.2, 0.25) is 0 Å². The number of para-hydroxylation sites is 1. The Balaban J connectivity index is 1.67. The Morgan fingerprint density at radius 2 is 2.22 bits per heavy atom. The molecule has 1 aliphatic rings. The number of hydrogen-bond donors (Lipinski definition) is 1. The molecule has 0 amide bonds. The Bertz CT molecular complexity index is 539. The average molecular weight is 243 g/mol. The summed E-state index contributed by atoms with van der Waals surface area (Å²) in [5, 5.41) is 4.81. The minimum atomic E-state index is 0.631. The van der Waals surface area contributed by atoms with Crippen LogP contribution in [0.3, 0.4) is 0 Å².